The molecule has 1 aromatic carbocycles. The standard InChI is InChI=1S/C23H34N2/c1-4-24-13-9-23(10-14-24)16-22(17-23)25-11-7-20(8-12-25)21-6-5-18(2)19(3)15-21/h4-6,15,20,22H,1,7-14,16-17H2,2-3H3. The molecule has 0 bridgehead atoms. The molecule has 1 saturated carbocycles. The van der Waals surface area contributed by atoms with Gasteiger partial charge in [-0.1, -0.05) is 24.8 Å². The van der Waals surface area contributed by atoms with Gasteiger partial charge in [0.25, 0.3) is 0 Å². The van der Waals surface area contributed by atoms with Crippen molar-refractivity contribution < 1.29 is 0 Å². The van der Waals surface area contributed by atoms with Gasteiger partial charge in [0.15, 0.2) is 0 Å². The first-order valence-corrected chi connectivity index (χ1v) is 10.3. The summed E-state index contributed by atoms with van der Waals surface area (Å²) in [5.41, 5.74) is 5.12. The Bertz CT molecular complexity index is 611. The predicted octanol–water partition coefficient (Wildman–Crippen LogP) is 4.87. The Hall–Kier alpha value is -1.28. The van der Waals surface area contributed by atoms with Crippen molar-refractivity contribution in [1.82, 2.24) is 9.80 Å². The molecule has 2 heteroatoms. The third kappa shape index (κ3) is 3.38. The van der Waals surface area contributed by atoms with E-state index in [0.717, 1.165) is 12.0 Å². The van der Waals surface area contributed by atoms with Crippen LogP contribution in [0.2, 0.25) is 0 Å². The zero-order valence-electron chi connectivity index (χ0n) is 16.1. The molecule has 0 N–H and O–H groups in total. The van der Waals surface area contributed by atoms with Gasteiger partial charge in [-0.05, 0) is 99.7 Å². The van der Waals surface area contributed by atoms with Gasteiger partial charge in [0, 0.05) is 19.1 Å². The molecule has 2 aliphatic heterocycles. The number of likely N-dealkylation sites (tertiary alicyclic amines) is 2. The molecule has 0 radical (unpaired) electrons. The minimum absolute atomic E-state index is 0.676. The van der Waals surface area contributed by atoms with E-state index in [-0.39, 0.29) is 0 Å². The fraction of sp³-hybridized carbons (Fsp3) is 0.652. The van der Waals surface area contributed by atoms with E-state index in [9.17, 15) is 0 Å². The molecule has 0 atom stereocenters. The van der Waals surface area contributed by atoms with E-state index < -0.39 is 0 Å². The highest BCUT2D eigenvalue weighted by atomic mass is 15.2. The Labute approximate surface area is 153 Å². The van der Waals surface area contributed by atoms with Crippen LogP contribution in [-0.4, -0.2) is 42.0 Å². The fourth-order valence-electron chi connectivity index (χ4n) is 5.40. The molecule has 25 heavy (non-hydrogen) atoms. The maximum atomic E-state index is 3.92. The van der Waals surface area contributed by atoms with Gasteiger partial charge >= 0.3 is 0 Å². The Kier molecular flexibility index (Phi) is 4.66. The molecule has 0 aromatic heterocycles. The van der Waals surface area contributed by atoms with Gasteiger partial charge in [-0.3, -0.25) is 0 Å². The fourth-order valence-corrected chi connectivity index (χ4v) is 5.40. The first kappa shape index (κ1) is 17.1. The van der Waals surface area contributed by atoms with E-state index in [4.69, 9.17) is 0 Å². The van der Waals surface area contributed by atoms with Crippen molar-refractivity contribution in [1.29, 1.82) is 0 Å². The second-order valence-corrected chi connectivity index (χ2v) is 8.93. The molecule has 3 aliphatic rings. The highest BCUT2D eigenvalue weighted by Crippen LogP contribution is 2.51. The van der Waals surface area contributed by atoms with Crippen LogP contribution >= 0.6 is 0 Å². The van der Waals surface area contributed by atoms with Crippen LogP contribution in [0.25, 0.3) is 0 Å². The molecular formula is C23H34N2. The van der Waals surface area contributed by atoms with E-state index in [2.05, 4.69) is 48.4 Å². The minimum Gasteiger partial charge on any atom is -0.378 e. The second-order valence-electron chi connectivity index (χ2n) is 8.93. The summed E-state index contributed by atoms with van der Waals surface area (Å²) in [4.78, 5) is 5.20. The van der Waals surface area contributed by atoms with Gasteiger partial charge in [-0.2, -0.15) is 0 Å². The van der Waals surface area contributed by atoms with Crippen LogP contribution in [0.1, 0.15) is 61.1 Å². The molecular weight excluding hydrogens is 304 g/mol. The summed E-state index contributed by atoms with van der Waals surface area (Å²) in [6, 6.07) is 7.98. The summed E-state index contributed by atoms with van der Waals surface area (Å²) in [7, 11) is 0. The molecule has 1 spiro atoms. The van der Waals surface area contributed by atoms with Gasteiger partial charge < -0.3 is 9.80 Å². The van der Waals surface area contributed by atoms with Gasteiger partial charge in [0.05, 0.1) is 0 Å². The Morgan fingerprint density at radius 3 is 2.28 bits per heavy atom. The largest absolute Gasteiger partial charge is 0.378 e. The monoisotopic (exact) mass is 338 g/mol. The molecule has 2 heterocycles. The van der Waals surface area contributed by atoms with Crippen molar-refractivity contribution in [2.45, 2.75) is 64.3 Å². The van der Waals surface area contributed by atoms with Gasteiger partial charge in [-0.25, -0.2) is 0 Å². The molecule has 4 rings (SSSR count). The van der Waals surface area contributed by atoms with Crippen molar-refractivity contribution >= 4 is 0 Å². The summed E-state index contributed by atoms with van der Waals surface area (Å²) in [6.45, 7) is 13.4. The summed E-state index contributed by atoms with van der Waals surface area (Å²) in [5, 5.41) is 0. The van der Waals surface area contributed by atoms with E-state index in [1.807, 2.05) is 6.20 Å². The first-order valence-electron chi connectivity index (χ1n) is 10.3. The maximum absolute atomic E-state index is 3.92. The maximum Gasteiger partial charge on any atom is 0.0177 e. The number of piperidine rings is 2. The van der Waals surface area contributed by atoms with Crippen molar-refractivity contribution in [3.05, 3.63) is 47.7 Å². The lowest BCUT2D eigenvalue weighted by molar-refractivity contribution is -0.0429. The summed E-state index contributed by atoms with van der Waals surface area (Å²) in [5.74, 6) is 0.778. The Morgan fingerprint density at radius 2 is 1.68 bits per heavy atom. The van der Waals surface area contributed by atoms with Crippen LogP contribution in [0.3, 0.4) is 0 Å². The highest BCUT2D eigenvalue weighted by molar-refractivity contribution is 5.32. The highest BCUT2D eigenvalue weighted by Gasteiger charge is 2.47. The number of nitrogens with zero attached hydrogens (tertiary/aromatic N) is 2. The van der Waals surface area contributed by atoms with E-state index in [1.165, 1.54) is 75.8 Å². The first-order chi connectivity index (χ1) is 12.1. The number of hydrogen-bond acceptors (Lipinski definition) is 2. The smallest absolute Gasteiger partial charge is 0.0177 e. The van der Waals surface area contributed by atoms with E-state index in [0.29, 0.717) is 5.41 Å². The molecule has 1 aliphatic carbocycles. The summed E-state index contributed by atoms with van der Waals surface area (Å²) >= 11 is 0. The quantitative estimate of drug-likeness (QED) is 0.776. The van der Waals surface area contributed by atoms with Crippen LogP contribution in [0, 0.1) is 19.3 Å². The van der Waals surface area contributed by atoms with Crippen LogP contribution in [0.15, 0.2) is 31.0 Å². The third-order valence-corrected chi connectivity index (χ3v) is 7.50. The van der Waals surface area contributed by atoms with Crippen molar-refractivity contribution in [3.8, 4) is 0 Å². The zero-order valence-corrected chi connectivity index (χ0v) is 16.1. The Balaban J connectivity index is 1.27. The number of aryl methyl sites for hydroxylation is 2. The topological polar surface area (TPSA) is 6.48 Å². The molecule has 2 saturated heterocycles. The Morgan fingerprint density at radius 1 is 1.00 bits per heavy atom. The number of hydrogen-bond donors (Lipinski definition) is 0. The molecule has 0 amide bonds. The average Bonchev–Trinajstić information content (AvgIpc) is 2.62. The van der Waals surface area contributed by atoms with Gasteiger partial charge in [0.2, 0.25) is 0 Å². The van der Waals surface area contributed by atoms with Crippen molar-refractivity contribution in [3.63, 3.8) is 0 Å². The van der Waals surface area contributed by atoms with Gasteiger partial charge in [0.1, 0.15) is 0 Å². The molecule has 3 fully saturated rings. The normalized spacial score (nSPS) is 25.1. The van der Waals surface area contributed by atoms with Crippen LogP contribution in [-0.2, 0) is 0 Å². The third-order valence-electron chi connectivity index (χ3n) is 7.50. The van der Waals surface area contributed by atoms with Crippen molar-refractivity contribution in [2.75, 3.05) is 26.2 Å². The number of benzene rings is 1. The average molecular weight is 339 g/mol. The molecule has 2 nitrogen and oxygen atoms in total. The van der Waals surface area contributed by atoms with E-state index >= 15 is 0 Å². The lowest BCUT2D eigenvalue weighted by Gasteiger charge is -2.56. The lowest BCUT2D eigenvalue weighted by Crippen LogP contribution is -2.55. The molecule has 0 unspecified atom stereocenters. The summed E-state index contributed by atoms with van der Waals surface area (Å²) in [6.07, 6.45) is 10.4. The molecule has 136 valence electrons. The van der Waals surface area contributed by atoms with Crippen molar-refractivity contribution in [2.24, 2.45) is 5.41 Å². The summed E-state index contributed by atoms with van der Waals surface area (Å²) < 4.78 is 0. The number of rotatable bonds is 3. The second kappa shape index (κ2) is 6.79. The van der Waals surface area contributed by atoms with Crippen LogP contribution < -0.4 is 0 Å². The van der Waals surface area contributed by atoms with Crippen LogP contribution in [0.4, 0.5) is 0 Å². The minimum atomic E-state index is 0.676. The van der Waals surface area contributed by atoms with E-state index in [1.54, 1.807) is 5.56 Å². The van der Waals surface area contributed by atoms with Gasteiger partial charge in [-0.15, -0.1) is 0 Å². The zero-order chi connectivity index (χ0) is 17.4. The lowest BCUT2D eigenvalue weighted by atomic mass is 9.59. The predicted molar refractivity (Wildman–Crippen MR) is 106 cm³/mol. The molecule has 1 aromatic rings. The van der Waals surface area contributed by atoms with Crippen LogP contribution in [0.5, 0.6) is 0 Å². The SMILES string of the molecule is C=CN1CCC2(CC1)CC(N1CCC(c3ccc(C)c(C)c3)CC1)C2.